The third-order valence-electron chi connectivity index (χ3n) is 3.87. The highest BCUT2D eigenvalue weighted by molar-refractivity contribution is 5.81. The van der Waals surface area contributed by atoms with Crippen LogP contribution in [0.25, 0.3) is 0 Å². The average Bonchev–Trinajstić information content (AvgIpc) is 2.28. The van der Waals surface area contributed by atoms with Gasteiger partial charge in [-0.15, -0.1) is 0 Å². The monoisotopic (exact) mass is 254 g/mol. The number of hydrogen-bond donors (Lipinski definition) is 2. The maximum absolute atomic E-state index is 11.7. The van der Waals surface area contributed by atoms with Crippen molar-refractivity contribution in [3.05, 3.63) is 0 Å². The topological polar surface area (TPSA) is 41.1 Å². The first-order valence-corrected chi connectivity index (χ1v) is 7.52. The van der Waals surface area contributed by atoms with Crippen LogP contribution in [-0.2, 0) is 4.79 Å². The van der Waals surface area contributed by atoms with Crippen LogP contribution in [0.1, 0.15) is 59.8 Å². The van der Waals surface area contributed by atoms with Gasteiger partial charge in [-0.05, 0) is 52.0 Å². The Morgan fingerprint density at radius 1 is 1.28 bits per heavy atom. The van der Waals surface area contributed by atoms with Gasteiger partial charge in [0.15, 0.2) is 0 Å². The van der Waals surface area contributed by atoms with Crippen LogP contribution >= 0.6 is 0 Å². The van der Waals surface area contributed by atoms with Gasteiger partial charge in [-0.25, -0.2) is 0 Å². The lowest BCUT2D eigenvalue weighted by Gasteiger charge is -2.27. The lowest BCUT2D eigenvalue weighted by atomic mass is 9.81. The van der Waals surface area contributed by atoms with Crippen molar-refractivity contribution in [2.24, 2.45) is 11.8 Å². The molecular formula is C15H30N2O. The zero-order valence-electron chi connectivity index (χ0n) is 12.5. The lowest BCUT2D eigenvalue weighted by molar-refractivity contribution is -0.123. The van der Waals surface area contributed by atoms with E-state index in [9.17, 15) is 4.79 Å². The van der Waals surface area contributed by atoms with Gasteiger partial charge in [-0.2, -0.15) is 0 Å². The molecular weight excluding hydrogens is 224 g/mol. The van der Waals surface area contributed by atoms with Crippen LogP contribution in [0.3, 0.4) is 0 Å². The second kappa shape index (κ2) is 7.78. The number of amides is 1. The third kappa shape index (κ3) is 5.85. The minimum Gasteiger partial charge on any atom is -0.353 e. The van der Waals surface area contributed by atoms with Gasteiger partial charge < -0.3 is 10.6 Å². The SMILES string of the molecule is CC1CCCC(CCNC(C)C(=O)NC(C)C)C1. The Balaban J connectivity index is 2.14. The molecule has 0 aromatic carbocycles. The van der Waals surface area contributed by atoms with E-state index in [2.05, 4.69) is 17.6 Å². The fraction of sp³-hybridized carbons (Fsp3) is 0.933. The molecule has 106 valence electrons. The molecule has 3 heteroatoms. The van der Waals surface area contributed by atoms with Crippen molar-refractivity contribution in [2.75, 3.05) is 6.54 Å². The first-order chi connectivity index (χ1) is 8.49. The Morgan fingerprint density at radius 3 is 2.61 bits per heavy atom. The van der Waals surface area contributed by atoms with Gasteiger partial charge in [0.25, 0.3) is 0 Å². The van der Waals surface area contributed by atoms with E-state index in [1.165, 1.54) is 32.1 Å². The Labute approximate surface area is 112 Å². The molecule has 1 rings (SSSR count). The molecule has 3 atom stereocenters. The predicted molar refractivity (Wildman–Crippen MR) is 76.5 cm³/mol. The lowest BCUT2D eigenvalue weighted by Crippen LogP contribution is -2.45. The number of carbonyl (C=O) groups excluding carboxylic acids is 1. The highest BCUT2D eigenvalue weighted by Gasteiger charge is 2.19. The van der Waals surface area contributed by atoms with Gasteiger partial charge in [0.05, 0.1) is 6.04 Å². The van der Waals surface area contributed by atoms with Crippen molar-refractivity contribution in [3.8, 4) is 0 Å². The maximum atomic E-state index is 11.7. The number of hydrogen-bond acceptors (Lipinski definition) is 2. The molecule has 2 N–H and O–H groups in total. The zero-order valence-corrected chi connectivity index (χ0v) is 12.5. The van der Waals surface area contributed by atoms with E-state index < -0.39 is 0 Å². The predicted octanol–water partition coefficient (Wildman–Crippen LogP) is 2.71. The highest BCUT2D eigenvalue weighted by atomic mass is 16.2. The van der Waals surface area contributed by atoms with Crippen LogP contribution < -0.4 is 10.6 Å². The summed E-state index contributed by atoms with van der Waals surface area (Å²) in [6.45, 7) is 9.26. The molecule has 1 aliphatic rings. The van der Waals surface area contributed by atoms with E-state index in [4.69, 9.17) is 0 Å². The van der Waals surface area contributed by atoms with Gasteiger partial charge >= 0.3 is 0 Å². The Kier molecular flexibility index (Phi) is 6.69. The second-order valence-electron chi connectivity index (χ2n) is 6.27. The van der Waals surface area contributed by atoms with Gasteiger partial charge in [-0.1, -0.05) is 26.2 Å². The van der Waals surface area contributed by atoms with Crippen LogP contribution in [0.4, 0.5) is 0 Å². The van der Waals surface area contributed by atoms with Gasteiger partial charge in [-0.3, -0.25) is 4.79 Å². The minimum absolute atomic E-state index is 0.0755. The molecule has 0 aromatic heterocycles. The first kappa shape index (κ1) is 15.5. The van der Waals surface area contributed by atoms with Gasteiger partial charge in [0.2, 0.25) is 5.91 Å². The van der Waals surface area contributed by atoms with Gasteiger partial charge in [0.1, 0.15) is 0 Å². The summed E-state index contributed by atoms with van der Waals surface area (Å²) in [6, 6.07) is 0.148. The van der Waals surface area contributed by atoms with E-state index in [-0.39, 0.29) is 18.0 Å². The Bertz CT molecular complexity index is 253. The largest absolute Gasteiger partial charge is 0.353 e. The molecule has 18 heavy (non-hydrogen) atoms. The molecule has 0 radical (unpaired) electrons. The van der Waals surface area contributed by atoms with Crippen molar-refractivity contribution < 1.29 is 4.79 Å². The smallest absolute Gasteiger partial charge is 0.237 e. The first-order valence-electron chi connectivity index (χ1n) is 7.52. The van der Waals surface area contributed by atoms with Crippen molar-refractivity contribution in [1.29, 1.82) is 0 Å². The van der Waals surface area contributed by atoms with E-state index in [0.717, 1.165) is 18.4 Å². The van der Waals surface area contributed by atoms with E-state index in [0.29, 0.717) is 0 Å². The molecule has 0 heterocycles. The summed E-state index contributed by atoms with van der Waals surface area (Å²) in [7, 11) is 0. The van der Waals surface area contributed by atoms with Crippen molar-refractivity contribution in [3.63, 3.8) is 0 Å². The van der Waals surface area contributed by atoms with E-state index in [1.54, 1.807) is 0 Å². The molecule has 1 saturated carbocycles. The van der Waals surface area contributed by atoms with Crippen molar-refractivity contribution in [2.45, 2.75) is 71.9 Å². The number of carbonyl (C=O) groups is 1. The molecule has 1 fully saturated rings. The Hall–Kier alpha value is -0.570. The molecule has 1 aliphatic carbocycles. The minimum atomic E-state index is -0.0755. The summed E-state index contributed by atoms with van der Waals surface area (Å²) in [5.41, 5.74) is 0. The summed E-state index contributed by atoms with van der Waals surface area (Å²) in [4.78, 5) is 11.7. The standard InChI is InChI=1S/C15H30N2O/c1-11(2)17-15(18)13(4)16-9-8-14-7-5-6-12(3)10-14/h11-14,16H,5-10H2,1-4H3,(H,17,18). The quantitative estimate of drug-likeness (QED) is 0.765. The number of rotatable bonds is 6. The second-order valence-corrected chi connectivity index (χ2v) is 6.27. The van der Waals surface area contributed by atoms with Crippen LogP contribution in [0.15, 0.2) is 0 Å². The Morgan fingerprint density at radius 2 is 2.00 bits per heavy atom. The average molecular weight is 254 g/mol. The third-order valence-corrected chi connectivity index (χ3v) is 3.87. The molecule has 3 unspecified atom stereocenters. The van der Waals surface area contributed by atoms with Crippen LogP contribution in [0.5, 0.6) is 0 Å². The molecule has 0 aromatic rings. The zero-order chi connectivity index (χ0) is 13.5. The van der Waals surface area contributed by atoms with Crippen molar-refractivity contribution >= 4 is 5.91 Å². The summed E-state index contributed by atoms with van der Waals surface area (Å²) in [5, 5.41) is 6.27. The molecule has 0 bridgehead atoms. The summed E-state index contributed by atoms with van der Waals surface area (Å²) in [5.74, 6) is 1.87. The summed E-state index contributed by atoms with van der Waals surface area (Å²) in [6.07, 6.45) is 6.74. The van der Waals surface area contributed by atoms with Crippen LogP contribution in [0, 0.1) is 11.8 Å². The van der Waals surface area contributed by atoms with Crippen LogP contribution in [0.2, 0.25) is 0 Å². The normalized spacial score (nSPS) is 26.1. The highest BCUT2D eigenvalue weighted by Crippen LogP contribution is 2.30. The molecule has 0 aliphatic heterocycles. The van der Waals surface area contributed by atoms with Gasteiger partial charge in [0, 0.05) is 6.04 Å². The molecule has 0 saturated heterocycles. The molecule has 0 spiro atoms. The molecule has 1 amide bonds. The van der Waals surface area contributed by atoms with E-state index >= 15 is 0 Å². The fourth-order valence-electron chi connectivity index (χ4n) is 2.83. The number of nitrogens with one attached hydrogen (secondary N) is 2. The molecule has 3 nitrogen and oxygen atoms in total. The fourth-order valence-corrected chi connectivity index (χ4v) is 2.83. The maximum Gasteiger partial charge on any atom is 0.237 e. The van der Waals surface area contributed by atoms with Crippen LogP contribution in [-0.4, -0.2) is 24.5 Å². The van der Waals surface area contributed by atoms with E-state index in [1.807, 2.05) is 20.8 Å². The summed E-state index contributed by atoms with van der Waals surface area (Å²) >= 11 is 0. The summed E-state index contributed by atoms with van der Waals surface area (Å²) < 4.78 is 0. The van der Waals surface area contributed by atoms with Crippen molar-refractivity contribution in [1.82, 2.24) is 10.6 Å².